The largest absolute Gasteiger partial charge is 0.508 e. The van der Waals surface area contributed by atoms with Gasteiger partial charge in [0, 0.05) is 17.7 Å². The smallest absolute Gasteiger partial charge is 0.229 e. The van der Waals surface area contributed by atoms with Gasteiger partial charge in [-0.25, -0.2) is 0 Å². The summed E-state index contributed by atoms with van der Waals surface area (Å²) in [6, 6.07) is 7.78. The Bertz CT molecular complexity index is 1470. The fourth-order valence-electron chi connectivity index (χ4n) is 5.07. The van der Waals surface area contributed by atoms with E-state index in [4.69, 9.17) is 18.6 Å². The van der Waals surface area contributed by atoms with Crippen molar-refractivity contribution >= 4 is 11.0 Å². The molecule has 0 saturated carbocycles. The van der Waals surface area contributed by atoms with E-state index in [1.54, 1.807) is 0 Å². The van der Waals surface area contributed by atoms with Gasteiger partial charge in [0.2, 0.25) is 6.29 Å². The Morgan fingerprint density at radius 1 is 0.738 bits per heavy atom. The molecule has 15 nitrogen and oxygen atoms in total. The number of phenols is 2. The van der Waals surface area contributed by atoms with Gasteiger partial charge in [0.25, 0.3) is 0 Å². The van der Waals surface area contributed by atoms with Gasteiger partial charge in [-0.3, -0.25) is 4.79 Å². The Hall–Kier alpha value is -3.35. The third kappa shape index (κ3) is 5.20. The van der Waals surface area contributed by atoms with Crippen molar-refractivity contribution in [3.8, 4) is 28.6 Å². The standard InChI is InChI=1S/C27H30O15/c28-7-15-19(32)22(35)24(37)26(40-15)18-14(41-27-25(38)23(36)20(33)16(8-29)42-27)6-13-17(21(18)34)11(31)5-12(39-13)9-1-3-10(30)4-2-9/h1-6,15-16,19-20,22-30,32-38H,7-8H2/t15-,16-,19-,20-,22+,23+,24-,25-,26+,27-/m1/s1. The van der Waals surface area contributed by atoms with Crippen LogP contribution in [0.15, 0.2) is 45.6 Å². The molecule has 228 valence electrons. The minimum Gasteiger partial charge on any atom is -0.508 e. The maximum atomic E-state index is 13.2. The molecule has 42 heavy (non-hydrogen) atoms. The molecule has 3 aromatic rings. The van der Waals surface area contributed by atoms with Crippen LogP contribution in [-0.4, -0.2) is 119 Å². The van der Waals surface area contributed by atoms with Gasteiger partial charge in [0.05, 0.1) is 18.8 Å². The molecule has 2 aromatic carbocycles. The molecule has 2 aliphatic rings. The highest BCUT2D eigenvalue weighted by molar-refractivity contribution is 5.88. The molecule has 10 atom stereocenters. The predicted molar refractivity (Wildman–Crippen MR) is 138 cm³/mol. The second-order valence-corrected chi connectivity index (χ2v) is 10.1. The van der Waals surface area contributed by atoms with E-state index in [-0.39, 0.29) is 17.1 Å². The molecule has 5 rings (SSSR count). The number of hydrogen-bond donors (Lipinski definition) is 10. The average Bonchev–Trinajstić information content (AvgIpc) is 2.97. The number of fused-ring (bicyclic) bond motifs is 1. The second-order valence-electron chi connectivity index (χ2n) is 10.1. The quantitative estimate of drug-likeness (QED) is 0.142. The van der Waals surface area contributed by atoms with Crippen LogP contribution >= 0.6 is 0 Å². The zero-order valence-corrected chi connectivity index (χ0v) is 21.7. The summed E-state index contributed by atoms with van der Waals surface area (Å²) in [5.41, 5.74) is -1.13. The Balaban J connectivity index is 1.68. The van der Waals surface area contributed by atoms with E-state index in [1.165, 1.54) is 24.3 Å². The molecule has 1 aromatic heterocycles. The third-order valence-corrected chi connectivity index (χ3v) is 7.41. The van der Waals surface area contributed by atoms with Crippen molar-refractivity contribution in [2.24, 2.45) is 0 Å². The highest BCUT2D eigenvalue weighted by atomic mass is 16.7. The van der Waals surface area contributed by atoms with Crippen molar-refractivity contribution in [3.05, 3.63) is 52.2 Å². The first-order valence-corrected chi connectivity index (χ1v) is 12.9. The first-order chi connectivity index (χ1) is 20.0. The topological polar surface area (TPSA) is 260 Å². The predicted octanol–water partition coefficient (Wildman–Crippen LogP) is -2.44. The lowest BCUT2D eigenvalue weighted by Gasteiger charge is -2.42. The van der Waals surface area contributed by atoms with E-state index in [0.717, 1.165) is 12.1 Å². The van der Waals surface area contributed by atoms with E-state index in [9.17, 15) is 55.9 Å². The monoisotopic (exact) mass is 594 g/mol. The maximum absolute atomic E-state index is 13.2. The molecule has 3 heterocycles. The van der Waals surface area contributed by atoms with Crippen LogP contribution < -0.4 is 10.2 Å². The molecule has 0 unspecified atom stereocenters. The Morgan fingerprint density at radius 3 is 1.95 bits per heavy atom. The van der Waals surface area contributed by atoms with E-state index >= 15 is 0 Å². The summed E-state index contributed by atoms with van der Waals surface area (Å²) in [5, 5.41) is 102. The van der Waals surface area contributed by atoms with E-state index in [1.807, 2.05) is 0 Å². The Morgan fingerprint density at radius 2 is 1.33 bits per heavy atom. The molecule has 0 amide bonds. The summed E-state index contributed by atoms with van der Waals surface area (Å²) in [4.78, 5) is 13.2. The molecule has 15 heteroatoms. The summed E-state index contributed by atoms with van der Waals surface area (Å²) < 4.78 is 22.6. The van der Waals surface area contributed by atoms with Crippen molar-refractivity contribution < 1.29 is 69.7 Å². The molecule has 0 spiro atoms. The normalized spacial score (nSPS) is 33.5. The zero-order chi connectivity index (χ0) is 30.5. The van der Waals surface area contributed by atoms with Gasteiger partial charge < -0.3 is 69.7 Å². The molecule has 2 saturated heterocycles. The van der Waals surface area contributed by atoms with Crippen molar-refractivity contribution in [1.82, 2.24) is 0 Å². The number of aromatic hydroxyl groups is 2. The number of ether oxygens (including phenoxy) is 3. The maximum Gasteiger partial charge on any atom is 0.229 e. The summed E-state index contributed by atoms with van der Waals surface area (Å²) in [6.45, 7) is -1.59. The van der Waals surface area contributed by atoms with Crippen molar-refractivity contribution in [3.63, 3.8) is 0 Å². The molecule has 0 bridgehead atoms. The molecular formula is C27H30O15. The summed E-state index contributed by atoms with van der Waals surface area (Å²) in [6.07, 6.45) is -17.4. The van der Waals surface area contributed by atoms with E-state index in [2.05, 4.69) is 0 Å². The number of hydrogen-bond acceptors (Lipinski definition) is 15. The number of aliphatic hydroxyl groups excluding tert-OH is 8. The van der Waals surface area contributed by atoms with Crippen LogP contribution in [0.25, 0.3) is 22.3 Å². The van der Waals surface area contributed by atoms with Gasteiger partial charge in [0.15, 0.2) is 5.43 Å². The minimum atomic E-state index is -1.94. The zero-order valence-electron chi connectivity index (χ0n) is 21.7. The fourth-order valence-corrected chi connectivity index (χ4v) is 5.07. The van der Waals surface area contributed by atoms with Crippen LogP contribution in [0.1, 0.15) is 11.7 Å². The van der Waals surface area contributed by atoms with Gasteiger partial charge in [-0.05, 0) is 24.3 Å². The SMILES string of the molecule is O=c1cc(-c2ccc(O)cc2)oc2cc(O[C@@H]3O[C@H](CO)[C@@H](O)[C@H](O)[C@H]3O)c([C@@H]3O[C@H](CO)[C@@H](O)[C@H](O)[C@H]3O)c(O)c12. The third-order valence-electron chi connectivity index (χ3n) is 7.41. The first kappa shape index (κ1) is 30.1. The lowest BCUT2D eigenvalue weighted by atomic mass is 9.89. The highest BCUT2D eigenvalue weighted by Gasteiger charge is 2.48. The summed E-state index contributed by atoms with van der Waals surface area (Å²) >= 11 is 0. The fraction of sp³-hybridized carbons (Fsp3) is 0.444. The van der Waals surface area contributed by atoms with Crippen LogP contribution in [-0.2, 0) is 9.47 Å². The van der Waals surface area contributed by atoms with Crippen molar-refractivity contribution in [1.29, 1.82) is 0 Å². The summed E-state index contributed by atoms with van der Waals surface area (Å²) in [5.74, 6) is -1.33. The van der Waals surface area contributed by atoms with Gasteiger partial charge in [0.1, 0.15) is 88.9 Å². The number of aliphatic hydroxyl groups is 8. The molecule has 0 radical (unpaired) electrons. The molecule has 2 aliphatic heterocycles. The molecule has 0 aliphatic carbocycles. The van der Waals surface area contributed by atoms with Crippen LogP contribution in [0.5, 0.6) is 17.2 Å². The number of rotatable bonds is 6. The van der Waals surface area contributed by atoms with E-state index in [0.29, 0.717) is 5.56 Å². The lowest BCUT2D eigenvalue weighted by Crippen LogP contribution is -2.60. The van der Waals surface area contributed by atoms with Gasteiger partial charge in [-0.2, -0.15) is 0 Å². The Kier molecular flexibility index (Phi) is 8.41. The van der Waals surface area contributed by atoms with Crippen LogP contribution in [0.2, 0.25) is 0 Å². The average molecular weight is 595 g/mol. The van der Waals surface area contributed by atoms with Crippen molar-refractivity contribution in [2.75, 3.05) is 13.2 Å². The second kappa shape index (κ2) is 11.7. The highest BCUT2D eigenvalue weighted by Crippen LogP contribution is 2.46. The van der Waals surface area contributed by atoms with Crippen LogP contribution in [0.3, 0.4) is 0 Å². The molecule has 2 fully saturated rings. The lowest BCUT2D eigenvalue weighted by molar-refractivity contribution is -0.278. The van der Waals surface area contributed by atoms with Gasteiger partial charge in [-0.1, -0.05) is 0 Å². The van der Waals surface area contributed by atoms with E-state index < -0.39 is 102 Å². The van der Waals surface area contributed by atoms with Gasteiger partial charge >= 0.3 is 0 Å². The Labute approximate surface area is 236 Å². The van der Waals surface area contributed by atoms with Crippen LogP contribution in [0, 0.1) is 0 Å². The van der Waals surface area contributed by atoms with Crippen molar-refractivity contribution in [2.45, 2.75) is 61.2 Å². The number of phenolic OH excluding ortho intramolecular Hbond substituents is 2. The molecule has 10 N–H and O–H groups in total. The van der Waals surface area contributed by atoms with Gasteiger partial charge in [-0.15, -0.1) is 0 Å². The number of benzene rings is 2. The minimum absolute atomic E-state index is 0.0197. The molecular weight excluding hydrogens is 564 g/mol. The first-order valence-electron chi connectivity index (χ1n) is 12.9. The van der Waals surface area contributed by atoms with Crippen LogP contribution in [0.4, 0.5) is 0 Å². The summed E-state index contributed by atoms with van der Waals surface area (Å²) in [7, 11) is 0.